The summed E-state index contributed by atoms with van der Waals surface area (Å²) in [6.45, 7) is -0.0270. The van der Waals surface area contributed by atoms with Crippen molar-refractivity contribution in [3.8, 4) is 11.5 Å². The molecule has 0 fully saturated rings. The van der Waals surface area contributed by atoms with E-state index in [1.807, 2.05) is 0 Å². The fraction of sp³-hybridized carbons (Fsp3) is 0.250. The number of ether oxygens (including phenoxy) is 2. The van der Waals surface area contributed by atoms with Crippen molar-refractivity contribution in [2.75, 3.05) is 20.5 Å². The van der Waals surface area contributed by atoms with E-state index >= 15 is 0 Å². The van der Waals surface area contributed by atoms with Crippen LogP contribution in [0.15, 0.2) is 52.3 Å². The van der Waals surface area contributed by atoms with Crippen molar-refractivity contribution in [1.29, 1.82) is 0 Å². The van der Waals surface area contributed by atoms with Gasteiger partial charge in [-0.2, -0.15) is 0 Å². The standard InChI is InChI=1S/C16H19NO6S2/c1-22-13-9-8-12(10-14(13)23-2)11-17-25(20,21)16-7-5-4-6-15(16)24(3,18)19/h4-10,17H,11H2,1-3H3. The first kappa shape index (κ1) is 19.2. The Hall–Kier alpha value is -2.10. The van der Waals surface area contributed by atoms with Crippen LogP contribution in [0.5, 0.6) is 11.5 Å². The van der Waals surface area contributed by atoms with Gasteiger partial charge in [0, 0.05) is 12.8 Å². The zero-order valence-corrected chi connectivity index (χ0v) is 15.6. The van der Waals surface area contributed by atoms with Crippen molar-refractivity contribution < 1.29 is 26.3 Å². The molecule has 0 aromatic heterocycles. The topological polar surface area (TPSA) is 98.8 Å². The zero-order valence-electron chi connectivity index (χ0n) is 14.0. The maximum atomic E-state index is 12.5. The number of hydrogen-bond acceptors (Lipinski definition) is 6. The second kappa shape index (κ2) is 7.42. The number of hydrogen-bond donors (Lipinski definition) is 1. The van der Waals surface area contributed by atoms with E-state index in [1.165, 1.54) is 38.5 Å². The monoisotopic (exact) mass is 385 g/mol. The summed E-state index contributed by atoms with van der Waals surface area (Å²) in [7, 11) is -4.70. The highest BCUT2D eigenvalue weighted by molar-refractivity contribution is 7.93. The molecule has 2 rings (SSSR count). The van der Waals surface area contributed by atoms with Gasteiger partial charge in [0.05, 0.1) is 19.1 Å². The number of sulfone groups is 1. The van der Waals surface area contributed by atoms with E-state index in [2.05, 4.69) is 4.72 Å². The predicted octanol–water partition coefficient (Wildman–Crippen LogP) is 1.59. The van der Waals surface area contributed by atoms with E-state index in [0.29, 0.717) is 17.1 Å². The molecule has 0 saturated carbocycles. The molecule has 136 valence electrons. The Bertz CT molecular complexity index is 968. The summed E-state index contributed by atoms with van der Waals surface area (Å²) in [5, 5.41) is 0. The van der Waals surface area contributed by atoms with Gasteiger partial charge in [0.2, 0.25) is 10.0 Å². The lowest BCUT2D eigenvalue weighted by Gasteiger charge is -2.12. The Balaban J connectivity index is 2.30. The molecule has 1 N–H and O–H groups in total. The van der Waals surface area contributed by atoms with Crippen molar-refractivity contribution in [3.63, 3.8) is 0 Å². The molecule has 7 nitrogen and oxygen atoms in total. The van der Waals surface area contributed by atoms with Gasteiger partial charge in [-0.05, 0) is 29.8 Å². The minimum Gasteiger partial charge on any atom is -0.493 e. The summed E-state index contributed by atoms with van der Waals surface area (Å²) in [4.78, 5) is -0.521. The zero-order chi connectivity index (χ0) is 18.7. The average molecular weight is 385 g/mol. The number of benzene rings is 2. The molecule has 2 aromatic carbocycles. The molecule has 0 heterocycles. The summed E-state index contributed by atoms with van der Waals surface area (Å²) >= 11 is 0. The molecular formula is C16H19NO6S2. The van der Waals surface area contributed by atoms with E-state index in [4.69, 9.17) is 9.47 Å². The van der Waals surface area contributed by atoms with Gasteiger partial charge in [-0.15, -0.1) is 0 Å². The van der Waals surface area contributed by atoms with Crippen molar-refractivity contribution in [3.05, 3.63) is 48.0 Å². The van der Waals surface area contributed by atoms with Crippen LogP contribution in [0, 0.1) is 0 Å². The molecule has 0 radical (unpaired) electrons. The molecule has 0 aliphatic rings. The summed E-state index contributed by atoms with van der Waals surface area (Å²) in [6.07, 6.45) is 0.968. The average Bonchev–Trinajstić information content (AvgIpc) is 2.59. The lowest BCUT2D eigenvalue weighted by atomic mass is 10.2. The third kappa shape index (κ3) is 4.50. The molecule has 25 heavy (non-hydrogen) atoms. The Kier molecular flexibility index (Phi) is 5.71. The number of rotatable bonds is 7. The SMILES string of the molecule is COc1ccc(CNS(=O)(=O)c2ccccc2S(C)(=O)=O)cc1OC. The maximum absolute atomic E-state index is 12.5. The van der Waals surface area contributed by atoms with Crippen LogP contribution in [0.4, 0.5) is 0 Å². The third-order valence-corrected chi connectivity index (χ3v) is 6.20. The Labute approximate surface area is 147 Å². The van der Waals surface area contributed by atoms with Crippen LogP contribution in [0.1, 0.15) is 5.56 Å². The second-order valence-electron chi connectivity index (χ2n) is 5.23. The molecular weight excluding hydrogens is 366 g/mol. The van der Waals surface area contributed by atoms with Gasteiger partial charge < -0.3 is 9.47 Å². The van der Waals surface area contributed by atoms with Gasteiger partial charge >= 0.3 is 0 Å². The summed E-state index contributed by atoms with van der Waals surface area (Å²) in [6, 6.07) is 10.5. The number of methoxy groups -OCH3 is 2. The predicted molar refractivity (Wildman–Crippen MR) is 93.1 cm³/mol. The maximum Gasteiger partial charge on any atom is 0.242 e. The van der Waals surface area contributed by atoms with Crippen molar-refractivity contribution in [2.45, 2.75) is 16.3 Å². The van der Waals surface area contributed by atoms with E-state index in [9.17, 15) is 16.8 Å². The normalized spacial score (nSPS) is 12.0. The highest BCUT2D eigenvalue weighted by atomic mass is 32.2. The Morgan fingerprint density at radius 2 is 1.48 bits per heavy atom. The van der Waals surface area contributed by atoms with Crippen LogP contribution >= 0.6 is 0 Å². The molecule has 0 aliphatic carbocycles. The van der Waals surface area contributed by atoms with Gasteiger partial charge in [0.25, 0.3) is 0 Å². The largest absolute Gasteiger partial charge is 0.493 e. The second-order valence-corrected chi connectivity index (χ2v) is 8.95. The highest BCUT2D eigenvalue weighted by Crippen LogP contribution is 2.28. The van der Waals surface area contributed by atoms with Crippen LogP contribution in [0.2, 0.25) is 0 Å². The minimum absolute atomic E-state index is 0.0270. The van der Waals surface area contributed by atoms with Crippen LogP contribution in [0.3, 0.4) is 0 Å². The van der Waals surface area contributed by atoms with Gasteiger partial charge in [-0.1, -0.05) is 18.2 Å². The molecule has 0 saturated heterocycles. The molecule has 0 amide bonds. The number of nitrogens with one attached hydrogen (secondary N) is 1. The molecule has 0 aliphatic heterocycles. The van der Waals surface area contributed by atoms with Gasteiger partial charge in [-0.3, -0.25) is 0 Å². The lowest BCUT2D eigenvalue weighted by Crippen LogP contribution is -2.25. The van der Waals surface area contributed by atoms with Crippen LogP contribution in [-0.2, 0) is 26.4 Å². The van der Waals surface area contributed by atoms with Crippen LogP contribution in [-0.4, -0.2) is 37.3 Å². The van der Waals surface area contributed by atoms with Crippen LogP contribution in [0.25, 0.3) is 0 Å². The summed E-state index contributed by atoms with van der Waals surface area (Å²) < 4.78 is 61.4. The molecule has 0 spiro atoms. The van der Waals surface area contributed by atoms with Crippen molar-refractivity contribution >= 4 is 19.9 Å². The van der Waals surface area contributed by atoms with Crippen molar-refractivity contribution in [1.82, 2.24) is 4.72 Å². The van der Waals surface area contributed by atoms with E-state index in [-0.39, 0.29) is 16.3 Å². The molecule has 0 unspecified atom stereocenters. The molecule has 2 aromatic rings. The molecule has 9 heteroatoms. The summed E-state index contributed by atoms with van der Waals surface area (Å²) in [5.41, 5.74) is 0.637. The van der Waals surface area contributed by atoms with Crippen LogP contribution < -0.4 is 14.2 Å². The summed E-state index contributed by atoms with van der Waals surface area (Å²) in [5.74, 6) is 0.993. The molecule has 0 bridgehead atoms. The first-order valence-corrected chi connectivity index (χ1v) is 10.6. The Morgan fingerprint density at radius 3 is 2.04 bits per heavy atom. The smallest absolute Gasteiger partial charge is 0.242 e. The minimum atomic E-state index is -4.01. The lowest BCUT2D eigenvalue weighted by molar-refractivity contribution is 0.354. The highest BCUT2D eigenvalue weighted by Gasteiger charge is 2.23. The van der Waals surface area contributed by atoms with Gasteiger partial charge in [0.1, 0.15) is 4.90 Å². The van der Waals surface area contributed by atoms with E-state index in [1.54, 1.807) is 18.2 Å². The molecule has 0 atom stereocenters. The fourth-order valence-electron chi connectivity index (χ4n) is 2.23. The fourth-order valence-corrected chi connectivity index (χ4v) is 4.87. The quantitative estimate of drug-likeness (QED) is 0.777. The first-order valence-electron chi connectivity index (χ1n) is 7.18. The number of sulfonamides is 1. The Morgan fingerprint density at radius 1 is 0.880 bits per heavy atom. The van der Waals surface area contributed by atoms with Gasteiger partial charge in [0.15, 0.2) is 21.3 Å². The van der Waals surface area contributed by atoms with E-state index in [0.717, 1.165) is 6.26 Å². The van der Waals surface area contributed by atoms with Crippen molar-refractivity contribution in [2.24, 2.45) is 0 Å². The van der Waals surface area contributed by atoms with Gasteiger partial charge in [-0.25, -0.2) is 21.6 Å². The first-order chi connectivity index (χ1) is 11.7. The third-order valence-electron chi connectivity index (χ3n) is 3.45. The van der Waals surface area contributed by atoms with E-state index < -0.39 is 19.9 Å².